The highest BCUT2D eigenvalue weighted by Crippen LogP contribution is 2.26. The van der Waals surface area contributed by atoms with E-state index in [4.69, 9.17) is 13.9 Å². The van der Waals surface area contributed by atoms with E-state index in [0.29, 0.717) is 43.5 Å². The molecule has 1 aromatic carbocycles. The molecule has 170 valence electrons. The lowest BCUT2D eigenvalue weighted by atomic mass is 9.96. The van der Waals surface area contributed by atoms with Crippen LogP contribution >= 0.6 is 0 Å². The van der Waals surface area contributed by atoms with Gasteiger partial charge in [0.05, 0.1) is 17.8 Å². The highest BCUT2D eigenvalue weighted by atomic mass is 19.1. The molecule has 31 heavy (non-hydrogen) atoms. The van der Waals surface area contributed by atoms with Gasteiger partial charge in [0.15, 0.2) is 6.29 Å². The van der Waals surface area contributed by atoms with E-state index in [1.807, 2.05) is 20.8 Å². The Morgan fingerprint density at radius 1 is 1.26 bits per heavy atom. The van der Waals surface area contributed by atoms with Gasteiger partial charge < -0.3 is 19.2 Å². The average Bonchev–Trinajstić information content (AvgIpc) is 3.13. The fourth-order valence-electron chi connectivity index (χ4n) is 3.76. The number of aryl methyl sites for hydroxylation is 1. The number of nitrogens with zero attached hydrogens (tertiary/aromatic N) is 2. The molecule has 1 amide bonds. The first-order valence-corrected chi connectivity index (χ1v) is 11.0. The van der Waals surface area contributed by atoms with Gasteiger partial charge in [-0.25, -0.2) is 9.37 Å². The topological polar surface area (TPSA) is 76.8 Å². The van der Waals surface area contributed by atoms with Crippen LogP contribution < -0.4 is 5.32 Å². The first kappa shape index (κ1) is 23.4. The van der Waals surface area contributed by atoms with E-state index in [-0.39, 0.29) is 17.6 Å². The summed E-state index contributed by atoms with van der Waals surface area (Å²) in [6, 6.07) is 6.47. The molecule has 2 heterocycles. The van der Waals surface area contributed by atoms with Crippen molar-refractivity contribution in [2.75, 3.05) is 32.8 Å². The van der Waals surface area contributed by atoms with Crippen LogP contribution in [-0.2, 0) is 20.8 Å². The van der Waals surface area contributed by atoms with E-state index >= 15 is 0 Å². The maximum Gasteiger partial charge on any atom is 0.229 e. The number of oxazole rings is 1. The quantitative estimate of drug-likeness (QED) is 0.578. The summed E-state index contributed by atoms with van der Waals surface area (Å²) in [5, 5.41) is 2.95. The molecule has 0 bridgehead atoms. The van der Waals surface area contributed by atoms with Crippen LogP contribution in [0.2, 0.25) is 0 Å². The molecule has 0 atom stereocenters. The fourth-order valence-corrected chi connectivity index (χ4v) is 3.76. The number of aromatic nitrogens is 1. The Balaban J connectivity index is 1.49. The molecular weight excluding hydrogens is 401 g/mol. The monoisotopic (exact) mass is 433 g/mol. The standard InChI is InChI=1S/C23H32FN3O4/c1-4-29-21(30-5-2)14-25-22(28)17-10-12-27(13-11-17)15-20-16(3)31-23(26-20)18-8-6-7-9-19(18)24/h6-9,17,21H,4-5,10-15H2,1-3H3,(H,25,28). The second-order valence-electron chi connectivity index (χ2n) is 7.64. The number of carbonyl (C=O) groups is 1. The van der Waals surface area contributed by atoms with E-state index in [1.54, 1.807) is 18.2 Å². The van der Waals surface area contributed by atoms with Gasteiger partial charge in [-0.2, -0.15) is 0 Å². The van der Waals surface area contributed by atoms with Crippen LogP contribution in [0, 0.1) is 18.7 Å². The number of ether oxygens (including phenoxy) is 2. The van der Waals surface area contributed by atoms with Gasteiger partial charge in [0, 0.05) is 25.7 Å². The van der Waals surface area contributed by atoms with Gasteiger partial charge in [-0.1, -0.05) is 12.1 Å². The lowest BCUT2D eigenvalue weighted by Gasteiger charge is -2.31. The Kier molecular flexibility index (Phi) is 8.57. The van der Waals surface area contributed by atoms with Crippen LogP contribution in [0.25, 0.3) is 11.5 Å². The summed E-state index contributed by atoms with van der Waals surface area (Å²) in [4.78, 5) is 19.3. The second kappa shape index (κ2) is 11.4. The highest BCUT2D eigenvalue weighted by molar-refractivity contribution is 5.78. The van der Waals surface area contributed by atoms with E-state index in [0.717, 1.165) is 31.6 Å². The molecule has 2 aromatic rings. The van der Waals surface area contributed by atoms with Crippen molar-refractivity contribution in [1.29, 1.82) is 0 Å². The van der Waals surface area contributed by atoms with E-state index in [9.17, 15) is 9.18 Å². The lowest BCUT2D eigenvalue weighted by Crippen LogP contribution is -2.43. The molecule has 0 spiro atoms. The van der Waals surface area contributed by atoms with Crippen LogP contribution in [0.3, 0.4) is 0 Å². The molecule has 0 unspecified atom stereocenters. The molecule has 7 nitrogen and oxygen atoms in total. The first-order valence-electron chi connectivity index (χ1n) is 11.0. The average molecular weight is 434 g/mol. The number of nitrogens with one attached hydrogen (secondary N) is 1. The van der Waals surface area contributed by atoms with Crippen molar-refractivity contribution >= 4 is 5.91 Å². The minimum absolute atomic E-state index is 0.0208. The van der Waals surface area contributed by atoms with Crippen molar-refractivity contribution in [1.82, 2.24) is 15.2 Å². The van der Waals surface area contributed by atoms with Gasteiger partial charge >= 0.3 is 0 Å². The van der Waals surface area contributed by atoms with Gasteiger partial charge in [0.25, 0.3) is 0 Å². The third kappa shape index (κ3) is 6.35. The molecule has 1 fully saturated rings. The summed E-state index contributed by atoms with van der Waals surface area (Å²) in [7, 11) is 0. The second-order valence-corrected chi connectivity index (χ2v) is 7.64. The summed E-state index contributed by atoms with van der Waals surface area (Å²) in [5.41, 5.74) is 1.17. The molecule has 1 N–H and O–H groups in total. The largest absolute Gasteiger partial charge is 0.441 e. The molecular formula is C23H32FN3O4. The zero-order valence-corrected chi connectivity index (χ0v) is 18.5. The Bertz CT molecular complexity index is 843. The lowest BCUT2D eigenvalue weighted by molar-refractivity contribution is -0.142. The van der Waals surface area contributed by atoms with Crippen molar-refractivity contribution in [2.45, 2.75) is 46.4 Å². The molecule has 1 aromatic heterocycles. The van der Waals surface area contributed by atoms with Crippen LogP contribution in [0.4, 0.5) is 4.39 Å². The number of amides is 1. The van der Waals surface area contributed by atoms with Gasteiger partial charge in [0.1, 0.15) is 11.6 Å². The summed E-state index contributed by atoms with van der Waals surface area (Å²) in [5.74, 6) is 0.670. The summed E-state index contributed by atoms with van der Waals surface area (Å²) in [6.45, 7) is 9.29. The van der Waals surface area contributed by atoms with E-state index in [1.165, 1.54) is 6.07 Å². The fraction of sp³-hybridized carbons (Fsp3) is 0.565. The maximum absolute atomic E-state index is 14.0. The molecule has 0 aliphatic carbocycles. The molecule has 1 saturated heterocycles. The van der Waals surface area contributed by atoms with Crippen molar-refractivity contribution < 1.29 is 23.1 Å². The maximum atomic E-state index is 14.0. The number of rotatable bonds is 10. The van der Waals surface area contributed by atoms with Crippen LogP contribution in [0.1, 0.15) is 38.1 Å². The number of hydrogen-bond acceptors (Lipinski definition) is 6. The zero-order valence-electron chi connectivity index (χ0n) is 18.5. The Hall–Kier alpha value is -2.29. The Labute approximate surface area is 182 Å². The summed E-state index contributed by atoms with van der Waals surface area (Å²) in [6.07, 6.45) is 1.14. The number of halogens is 1. The predicted molar refractivity (Wildman–Crippen MR) is 115 cm³/mol. The van der Waals surface area contributed by atoms with Gasteiger partial charge in [0.2, 0.25) is 11.8 Å². The van der Waals surface area contributed by atoms with Gasteiger partial charge in [-0.15, -0.1) is 0 Å². The summed E-state index contributed by atoms with van der Waals surface area (Å²) >= 11 is 0. The molecule has 0 radical (unpaired) electrons. The van der Waals surface area contributed by atoms with Gasteiger partial charge in [-0.05, 0) is 58.8 Å². The number of likely N-dealkylation sites (tertiary alicyclic amines) is 1. The third-order valence-electron chi connectivity index (χ3n) is 5.48. The van der Waals surface area contributed by atoms with E-state index < -0.39 is 6.29 Å². The van der Waals surface area contributed by atoms with Crippen LogP contribution in [-0.4, -0.2) is 54.9 Å². The minimum atomic E-state index is -0.405. The molecule has 0 saturated carbocycles. The smallest absolute Gasteiger partial charge is 0.229 e. The van der Waals surface area contributed by atoms with Crippen LogP contribution in [0.5, 0.6) is 0 Å². The predicted octanol–water partition coefficient (Wildman–Crippen LogP) is 3.52. The molecule has 1 aliphatic heterocycles. The van der Waals surface area contributed by atoms with Crippen molar-refractivity contribution in [3.8, 4) is 11.5 Å². The summed E-state index contributed by atoms with van der Waals surface area (Å²) < 4.78 is 30.7. The van der Waals surface area contributed by atoms with Crippen molar-refractivity contribution in [3.05, 3.63) is 41.5 Å². The molecule has 8 heteroatoms. The highest BCUT2D eigenvalue weighted by Gasteiger charge is 2.26. The van der Waals surface area contributed by atoms with Crippen molar-refractivity contribution in [3.63, 3.8) is 0 Å². The van der Waals surface area contributed by atoms with Gasteiger partial charge in [-0.3, -0.25) is 9.69 Å². The normalized spacial score (nSPS) is 15.5. The first-order chi connectivity index (χ1) is 15.0. The molecule has 3 rings (SSSR count). The molecule has 1 aliphatic rings. The third-order valence-corrected chi connectivity index (χ3v) is 5.48. The Morgan fingerprint density at radius 2 is 1.94 bits per heavy atom. The minimum Gasteiger partial charge on any atom is -0.441 e. The number of piperidine rings is 1. The zero-order chi connectivity index (χ0) is 22.2. The van der Waals surface area contributed by atoms with E-state index in [2.05, 4.69) is 15.2 Å². The number of hydrogen-bond donors (Lipinski definition) is 1. The van der Waals surface area contributed by atoms with Crippen molar-refractivity contribution in [2.24, 2.45) is 5.92 Å². The SMILES string of the molecule is CCOC(CNC(=O)C1CCN(Cc2nc(-c3ccccc3F)oc2C)CC1)OCC. The Morgan fingerprint density at radius 3 is 2.58 bits per heavy atom. The number of benzene rings is 1. The number of carbonyl (C=O) groups excluding carboxylic acids is 1. The van der Waals surface area contributed by atoms with Crippen LogP contribution in [0.15, 0.2) is 28.7 Å².